The van der Waals surface area contributed by atoms with Gasteiger partial charge in [0.25, 0.3) is 0 Å². The highest BCUT2D eigenvalue weighted by atomic mass is 32.1. The van der Waals surface area contributed by atoms with Crippen molar-refractivity contribution in [3.05, 3.63) is 0 Å². The van der Waals surface area contributed by atoms with E-state index in [1.807, 2.05) is 13.8 Å². The number of carbonyl (C=O) groups is 2. The van der Waals surface area contributed by atoms with Crippen molar-refractivity contribution < 1.29 is 19.2 Å². The van der Waals surface area contributed by atoms with Crippen molar-refractivity contribution in [2.45, 2.75) is 33.1 Å². The third-order valence-corrected chi connectivity index (χ3v) is 1.77. The Kier molecular flexibility index (Phi) is 7.89. The first kappa shape index (κ1) is 14.1. The van der Waals surface area contributed by atoms with Crippen molar-refractivity contribution in [3.8, 4) is 0 Å². The van der Waals surface area contributed by atoms with Crippen LogP contribution in [0.3, 0.4) is 0 Å². The lowest BCUT2D eigenvalue weighted by molar-refractivity contribution is -0.0845. The summed E-state index contributed by atoms with van der Waals surface area (Å²) in [5, 5.41) is 0.265. The van der Waals surface area contributed by atoms with Crippen LogP contribution in [0.25, 0.3) is 0 Å². The standard InChI is InChI=1S/C9H17NO4S/c1-3-5-7-13-9(12)14-10(6-4-2)8(11)15/h3-7H2,1-2H3,(H,11,15). The largest absolute Gasteiger partial charge is 0.533 e. The molecule has 0 N–H and O–H groups in total. The number of ether oxygens (including phenoxy) is 1. The van der Waals surface area contributed by atoms with Crippen LogP contribution in [0.1, 0.15) is 33.1 Å². The van der Waals surface area contributed by atoms with Crippen molar-refractivity contribution in [2.75, 3.05) is 13.2 Å². The number of nitrogens with zero attached hydrogens (tertiary/aromatic N) is 1. The van der Waals surface area contributed by atoms with E-state index in [4.69, 9.17) is 4.74 Å². The summed E-state index contributed by atoms with van der Waals surface area (Å²) in [7, 11) is 0. The second-order valence-corrected chi connectivity index (χ2v) is 3.31. The average Bonchev–Trinajstić information content (AvgIpc) is 2.17. The highest BCUT2D eigenvalue weighted by Crippen LogP contribution is 2.01. The molecule has 0 rings (SSSR count). The summed E-state index contributed by atoms with van der Waals surface area (Å²) in [6.45, 7) is 4.45. The molecule has 0 atom stereocenters. The first-order valence-corrected chi connectivity index (χ1v) is 5.41. The maximum absolute atomic E-state index is 11.0. The second kappa shape index (κ2) is 8.40. The van der Waals surface area contributed by atoms with Gasteiger partial charge in [0.1, 0.15) is 0 Å². The minimum absolute atomic E-state index is 0.302. The van der Waals surface area contributed by atoms with Crippen molar-refractivity contribution in [2.24, 2.45) is 0 Å². The van der Waals surface area contributed by atoms with Gasteiger partial charge >= 0.3 is 11.4 Å². The lowest BCUT2D eigenvalue weighted by Gasteiger charge is -2.17. The Morgan fingerprint density at radius 3 is 2.40 bits per heavy atom. The van der Waals surface area contributed by atoms with Crippen LogP contribution in [0, 0.1) is 0 Å². The maximum Gasteiger partial charge on any atom is 0.533 e. The Morgan fingerprint density at radius 1 is 1.27 bits per heavy atom. The van der Waals surface area contributed by atoms with Gasteiger partial charge in [-0.1, -0.05) is 32.9 Å². The summed E-state index contributed by atoms with van der Waals surface area (Å²) in [5.74, 6) is 0. The van der Waals surface area contributed by atoms with E-state index in [-0.39, 0.29) is 0 Å². The molecular formula is C9H17NO4S. The molecule has 0 aromatic rings. The number of hydrogen-bond donors (Lipinski definition) is 1. The summed E-state index contributed by atoms with van der Waals surface area (Å²) in [5.41, 5.74) is 0. The number of carbonyl (C=O) groups excluding carboxylic acids is 2. The van der Waals surface area contributed by atoms with E-state index >= 15 is 0 Å². The average molecular weight is 235 g/mol. The van der Waals surface area contributed by atoms with Crippen molar-refractivity contribution in [1.29, 1.82) is 0 Å². The zero-order chi connectivity index (χ0) is 11.7. The molecule has 0 saturated heterocycles. The van der Waals surface area contributed by atoms with E-state index in [9.17, 15) is 9.59 Å². The molecule has 0 aliphatic carbocycles. The molecule has 5 nitrogen and oxygen atoms in total. The molecule has 0 heterocycles. The lowest BCUT2D eigenvalue weighted by Crippen LogP contribution is -2.30. The van der Waals surface area contributed by atoms with Crippen LogP contribution < -0.4 is 0 Å². The molecule has 0 fully saturated rings. The maximum atomic E-state index is 11.0. The third-order valence-electron chi connectivity index (χ3n) is 1.54. The van der Waals surface area contributed by atoms with Crippen molar-refractivity contribution >= 4 is 24.0 Å². The number of thiol groups is 1. The molecule has 0 unspecified atom stereocenters. The molecule has 0 aliphatic rings. The minimum Gasteiger partial charge on any atom is -0.433 e. The van der Waals surface area contributed by atoms with Gasteiger partial charge in [-0.15, -0.1) is 0 Å². The van der Waals surface area contributed by atoms with Gasteiger partial charge in [0.15, 0.2) is 0 Å². The van der Waals surface area contributed by atoms with Gasteiger partial charge in [0.2, 0.25) is 0 Å². The lowest BCUT2D eigenvalue weighted by atomic mass is 10.4. The van der Waals surface area contributed by atoms with Gasteiger partial charge in [-0.2, -0.15) is 5.06 Å². The first-order chi connectivity index (χ1) is 7.11. The Balaban J connectivity index is 3.84. The summed E-state index contributed by atoms with van der Waals surface area (Å²) in [6.07, 6.45) is 1.52. The highest BCUT2D eigenvalue weighted by Gasteiger charge is 2.15. The van der Waals surface area contributed by atoms with Gasteiger partial charge in [0.05, 0.1) is 13.2 Å². The van der Waals surface area contributed by atoms with Crippen LogP contribution in [0.5, 0.6) is 0 Å². The molecule has 0 aliphatic heterocycles. The monoisotopic (exact) mass is 235 g/mol. The first-order valence-electron chi connectivity index (χ1n) is 4.97. The summed E-state index contributed by atoms with van der Waals surface area (Å²) < 4.78 is 4.72. The SMILES string of the molecule is CCCCOC(=O)ON(CCC)C(=O)S. The van der Waals surface area contributed by atoms with E-state index in [0.717, 1.165) is 17.9 Å². The Morgan fingerprint density at radius 2 is 1.93 bits per heavy atom. The Labute approximate surface area is 95.1 Å². The van der Waals surface area contributed by atoms with Gasteiger partial charge in [0, 0.05) is 0 Å². The van der Waals surface area contributed by atoms with Gasteiger partial charge in [-0.25, -0.2) is 4.79 Å². The van der Waals surface area contributed by atoms with Crippen LogP contribution in [-0.2, 0) is 9.57 Å². The molecule has 0 bridgehead atoms. The Hall–Kier alpha value is -0.910. The zero-order valence-electron chi connectivity index (χ0n) is 9.06. The fourth-order valence-corrected chi connectivity index (χ4v) is 0.940. The van der Waals surface area contributed by atoms with Crippen LogP contribution in [0.2, 0.25) is 0 Å². The Bertz CT molecular complexity index is 210. The predicted molar refractivity (Wildman–Crippen MR) is 58.7 cm³/mol. The summed E-state index contributed by atoms with van der Waals surface area (Å²) in [4.78, 5) is 26.5. The predicted octanol–water partition coefficient (Wildman–Crippen LogP) is 2.62. The van der Waals surface area contributed by atoms with E-state index in [0.29, 0.717) is 19.6 Å². The van der Waals surface area contributed by atoms with Crippen molar-refractivity contribution in [1.82, 2.24) is 5.06 Å². The minimum atomic E-state index is -0.862. The van der Waals surface area contributed by atoms with Crippen LogP contribution >= 0.6 is 12.6 Å². The fourth-order valence-electron chi connectivity index (χ4n) is 0.800. The molecular weight excluding hydrogens is 218 g/mol. The number of amides is 1. The highest BCUT2D eigenvalue weighted by molar-refractivity contribution is 7.96. The third kappa shape index (κ3) is 7.07. The molecule has 0 aromatic heterocycles. The summed E-state index contributed by atoms with van der Waals surface area (Å²) >= 11 is 3.57. The topological polar surface area (TPSA) is 55.8 Å². The number of hydroxylamine groups is 2. The van der Waals surface area contributed by atoms with E-state index in [1.165, 1.54) is 0 Å². The normalized spacial score (nSPS) is 9.53. The number of hydrogen-bond acceptors (Lipinski definition) is 4. The van der Waals surface area contributed by atoms with Gasteiger partial charge < -0.3 is 9.57 Å². The van der Waals surface area contributed by atoms with Crippen molar-refractivity contribution in [3.63, 3.8) is 0 Å². The quantitative estimate of drug-likeness (QED) is 0.344. The molecule has 0 spiro atoms. The van der Waals surface area contributed by atoms with Crippen LogP contribution in [-0.4, -0.2) is 29.6 Å². The number of rotatable bonds is 5. The molecule has 88 valence electrons. The van der Waals surface area contributed by atoms with Crippen LogP contribution in [0.4, 0.5) is 9.59 Å². The molecule has 0 radical (unpaired) electrons. The fraction of sp³-hybridized carbons (Fsp3) is 0.778. The van der Waals surface area contributed by atoms with Crippen LogP contribution in [0.15, 0.2) is 0 Å². The van der Waals surface area contributed by atoms with Gasteiger partial charge in [-0.3, -0.25) is 4.79 Å². The molecule has 0 aromatic carbocycles. The molecule has 6 heteroatoms. The van der Waals surface area contributed by atoms with E-state index < -0.39 is 11.4 Å². The molecule has 0 saturated carbocycles. The van der Waals surface area contributed by atoms with E-state index in [1.54, 1.807) is 0 Å². The second-order valence-electron chi connectivity index (χ2n) is 2.93. The molecule has 15 heavy (non-hydrogen) atoms. The van der Waals surface area contributed by atoms with E-state index in [2.05, 4.69) is 17.5 Å². The molecule has 1 amide bonds. The smallest absolute Gasteiger partial charge is 0.433 e. The summed E-state index contributed by atoms with van der Waals surface area (Å²) in [6, 6.07) is 0. The van der Waals surface area contributed by atoms with Gasteiger partial charge in [-0.05, 0) is 12.8 Å². The zero-order valence-corrected chi connectivity index (χ0v) is 9.96. The number of unbranched alkanes of at least 4 members (excludes halogenated alkanes) is 1.